The summed E-state index contributed by atoms with van der Waals surface area (Å²) in [5.74, 6) is -1.22. The fourth-order valence-corrected chi connectivity index (χ4v) is 4.47. The highest BCUT2D eigenvalue weighted by Gasteiger charge is 2.32. The molecule has 1 aliphatic rings. The van der Waals surface area contributed by atoms with Gasteiger partial charge in [0.15, 0.2) is 0 Å². The van der Waals surface area contributed by atoms with Gasteiger partial charge in [0.2, 0.25) is 0 Å². The Labute approximate surface area is 182 Å². The summed E-state index contributed by atoms with van der Waals surface area (Å²) in [5.41, 5.74) is 7.28. The molecule has 4 nitrogen and oxygen atoms in total. The Morgan fingerprint density at radius 1 is 0.903 bits per heavy atom. The molecule has 3 aromatic carbocycles. The molecule has 0 saturated carbocycles. The molecular weight excluding hydrogens is 386 g/mol. The van der Waals surface area contributed by atoms with Gasteiger partial charge in [-0.15, -0.1) is 0 Å². The number of allylic oxidation sites excluding steroid dienone is 1. The van der Waals surface area contributed by atoms with Crippen LogP contribution in [0.25, 0.3) is 5.57 Å². The number of carbonyl (C=O) groups is 2. The first-order valence-electron chi connectivity index (χ1n) is 10.3. The Balaban J connectivity index is 1.71. The molecule has 0 aliphatic heterocycles. The van der Waals surface area contributed by atoms with Crippen molar-refractivity contribution >= 4 is 23.1 Å². The lowest BCUT2D eigenvalue weighted by atomic mass is 9.69. The number of anilines is 1. The number of hydrogen-bond donors (Lipinski definition) is 2. The van der Waals surface area contributed by atoms with Crippen LogP contribution in [0.5, 0.6) is 0 Å². The third kappa shape index (κ3) is 4.02. The highest BCUT2D eigenvalue weighted by Crippen LogP contribution is 2.45. The van der Waals surface area contributed by atoms with Crippen LogP contribution in [-0.4, -0.2) is 17.0 Å². The van der Waals surface area contributed by atoms with Gasteiger partial charge in [0.05, 0.1) is 5.56 Å². The fourth-order valence-electron chi connectivity index (χ4n) is 4.47. The van der Waals surface area contributed by atoms with Crippen molar-refractivity contribution in [2.24, 2.45) is 0 Å². The maximum absolute atomic E-state index is 13.0. The summed E-state index contributed by atoms with van der Waals surface area (Å²) >= 11 is 0. The molecule has 0 spiro atoms. The zero-order valence-electron chi connectivity index (χ0n) is 17.9. The molecule has 31 heavy (non-hydrogen) atoms. The third-order valence-electron chi connectivity index (χ3n) is 5.87. The monoisotopic (exact) mass is 411 g/mol. The first-order valence-corrected chi connectivity index (χ1v) is 10.3. The van der Waals surface area contributed by atoms with Crippen molar-refractivity contribution in [1.82, 2.24) is 0 Å². The molecule has 0 fully saturated rings. The van der Waals surface area contributed by atoms with Gasteiger partial charge < -0.3 is 10.4 Å². The molecule has 0 saturated heterocycles. The van der Waals surface area contributed by atoms with Crippen LogP contribution >= 0.6 is 0 Å². The summed E-state index contributed by atoms with van der Waals surface area (Å²) < 4.78 is 0. The summed E-state index contributed by atoms with van der Waals surface area (Å²) in [5, 5.41) is 11.9. The number of benzene rings is 3. The van der Waals surface area contributed by atoms with Gasteiger partial charge in [0, 0.05) is 11.3 Å². The summed E-state index contributed by atoms with van der Waals surface area (Å²) in [6, 6.07) is 22.4. The van der Waals surface area contributed by atoms with E-state index in [2.05, 4.69) is 44.3 Å². The normalized spacial score (nSPS) is 14.7. The summed E-state index contributed by atoms with van der Waals surface area (Å²) in [4.78, 5) is 24.0. The van der Waals surface area contributed by atoms with E-state index < -0.39 is 5.97 Å². The SMILES string of the molecule is CC1=C(c2ccccc2)c2cc(C(=O)Nc3ccc(C(=O)O)cc3)ccc2C(C)(C)C1. The summed E-state index contributed by atoms with van der Waals surface area (Å²) in [7, 11) is 0. The smallest absolute Gasteiger partial charge is 0.335 e. The molecule has 156 valence electrons. The lowest BCUT2D eigenvalue weighted by Gasteiger charge is -2.35. The number of aromatic carboxylic acids is 1. The number of carbonyl (C=O) groups excluding carboxylic acids is 1. The fraction of sp³-hybridized carbons (Fsp3) is 0.185. The molecule has 4 heteroatoms. The van der Waals surface area contributed by atoms with Gasteiger partial charge in [0.25, 0.3) is 5.91 Å². The minimum absolute atomic E-state index is 0.0145. The van der Waals surface area contributed by atoms with Gasteiger partial charge in [-0.05, 0) is 77.4 Å². The molecule has 3 aromatic rings. The molecule has 1 aliphatic carbocycles. The first kappa shape index (κ1) is 20.6. The van der Waals surface area contributed by atoms with E-state index in [0.717, 1.165) is 17.5 Å². The van der Waals surface area contributed by atoms with Gasteiger partial charge in [-0.25, -0.2) is 4.79 Å². The second-order valence-corrected chi connectivity index (χ2v) is 8.68. The molecule has 1 amide bonds. The quantitative estimate of drug-likeness (QED) is 0.542. The van der Waals surface area contributed by atoms with Gasteiger partial charge in [-0.3, -0.25) is 4.79 Å². The van der Waals surface area contributed by atoms with Crippen molar-refractivity contribution in [2.45, 2.75) is 32.6 Å². The number of nitrogens with one attached hydrogen (secondary N) is 1. The Bertz CT molecular complexity index is 1190. The number of hydrogen-bond acceptors (Lipinski definition) is 2. The molecule has 0 unspecified atom stereocenters. The molecule has 0 radical (unpaired) electrons. The van der Waals surface area contributed by atoms with Gasteiger partial charge in [-0.2, -0.15) is 0 Å². The van der Waals surface area contributed by atoms with Crippen LogP contribution in [0.1, 0.15) is 64.6 Å². The zero-order chi connectivity index (χ0) is 22.2. The number of amides is 1. The Morgan fingerprint density at radius 3 is 2.19 bits per heavy atom. The summed E-state index contributed by atoms with van der Waals surface area (Å²) in [6.07, 6.45) is 0.964. The lowest BCUT2D eigenvalue weighted by molar-refractivity contribution is 0.0696. The van der Waals surface area contributed by atoms with Crippen molar-refractivity contribution in [3.8, 4) is 0 Å². The topological polar surface area (TPSA) is 66.4 Å². The molecular formula is C27H25NO3. The van der Waals surface area contributed by atoms with Gasteiger partial charge in [0.1, 0.15) is 0 Å². The number of rotatable bonds is 4. The maximum Gasteiger partial charge on any atom is 0.335 e. The maximum atomic E-state index is 13.0. The van der Waals surface area contributed by atoms with Gasteiger partial charge in [-0.1, -0.05) is 55.8 Å². The van der Waals surface area contributed by atoms with Crippen molar-refractivity contribution < 1.29 is 14.7 Å². The number of carboxylic acid groups (broad SMARTS) is 1. The van der Waals surface area contributed by atoms with Gasteiger partial charge >= 0.3 is 5.97 Å². The molecule has 2 N–H and O–H groups in total. The molecule has 0 aromatic heterocycles. The van der Waals surface area contributed by atoms with E-state index >= 15 is 0 Å². The van der Waals surface area contributed by atoms with E-state index in [0.29, 0.717) is 11.3 Å². The second-order valence-electron chi connectivity index (χ2n) is 8.68. The van der Waals surface area contributed by atoms with Crippen molar-refractivity contribution in [1.29, 1.82) is 0 Å². The first-order chi connectivity index (χ1) is 14.8. The van der Waals surface area contributed by atoms with E-state index in [-0.39, 0.29) is 16.9 Å². The van der Waals surface area contributed by atoms with E-state index in [1.807, 2.05) is 30.3 Å². The zero-order valence-corrected chi connectivity index (χ0v) is 17.9. The predicted octanol–water partition coefficient (Wildman–Crippen LogP) is 6.14. The highest BCUT2D eigenvalue weighted by molar-refractivity contribution is 6.05. The van der Waals surface area contributed by atoms with Crippen LogP contribution in [0, 0.1) is 0 Å². The van der Waals surface area contributed by atoms with E-state index in [1.165, 1.54) is 28.8 Å². The number of fused-ring (bicyclic) bond motifs is 1. The molecule has 0 bridgehead atoms. The lowest BCUT2D eigenvalue weighted by Crippen LogP contribution is -2.25. The minimum atomic E-state index is -0.995. The van der Waals surface area contributed by atoms with Crippen LogP contribution in [0.15, 0.2) is 78.4 Å². The van der Waals surface area contributed by atoms with Crippen LogP contribution in [0.4, 0.5) is 5.69 Å². The standard InChI is InChI=1S/C27H25NO3/c1-17-16-27(2,3)23-14-11-20(15-22(23)24(17)18-7-5-4-6-8-18)25(29)28-21-12-9-19(10-13-21)26(30)31/h4-15H,16H2,1-3H3,(H,28,29)(H,30,31). The Hall–Kier alpha value is -3.66. The Kier molecular flexibility index (Phi) is 5.24. The van der Waals surface area contributed by atoms with E-state index in [1.54, 1.807) is 12.1 Å². The summed E-state index contributed by atoms with van der Waals surface area (Å²) in [6.45, 7) is 6.64. The predicted molar refractivity (Wildman–Crippen MR) is 124 cm³/mol. The third-order valence-corrected chi connectivity index (χ3v) is 5.87. The molecule has 0 heterocycles. The average Bonchev–Trinajstić information content (AvgIpc) is 2.74. The molecule has 0 atom stereocenters. The average molecular weight is 412 g/mol. The second kappa shape index (κ2) is 7.88. The highest BCUT2D eigenvalue weighted by atomic mass is 16.4. The van der Waals surface area contributed by atoms with Crippen LogP contribution in [0.3, 0.4) is 0 Å². The largest absolute Gasteiger partial charge is 0.478 e. The minimum Gasteiger partial charge on any atom is -0.478 e. The Morgan fingerprint density at radius 2 is 1.55 bits per heavy atom. The van der Waals surface area contributed by atoms with E-state index in [9.17, 15) is 9.59 Å². The van der Waals surface area contributed by atoms with Crippen LogP contribution in [-0.2, 0) is 5.41 Å². The van der Waals surface area contributed by atoms with Crippen LogP contribution < -0.4 is 5.32 Å². The molecule has 4 rings (SSSR count). The van der Waals surface area contributed by atoms with Crippen molar-refractivity contribution in [3.05, 3.63) is 106 Å². The van der Waals surface area contributed by atoms with Crippen molar-refractivity contribution in [3.63, 3.8) is 0 Å². The van der Waals surface area contributed by atoms with Crippen LogP contribution in [0.2, 0.25) is 0 Å². The van der Waals surface area contributed by atoms with E-state index in [4.69, 9.17) is 5.11 Å². The van der Waals surface area contributed by atoms with Crippen molar-refractivity contribution in [2.75, 3.05) is 5.32 Å². The number of carboxylic acids is 1.